The smallest absolute Gasteiger partial charge is 0.345 e. The lowest BCUT2D eigenvalue weighted by atomic mass is 10.2. The van der Waals surface area contributed by atoms with Crippen LogP contribution in [0.2, 0.25) is 0 Å². The number of rotatable bonds is 7. The molecule has 1 aliphatic rings. The minimum atomic E-state index is -0.471. The van der Waals surface area contributed by atoms with Crippen LogP contribution in [0, 0.1) is 12.8 Å². The fourth-order valence-corrected chi connectivity index (χ4v) is 2.62. The number of methoxy groups -OCH3 is 1. The number of esters is 1. The van der Waals surface area contributed by atoms with Crippen LogP contribution >= 0.6 is 0 Å². The Morgan fingerprint density at radius 2 is 2.12 bits per heavy atom. The van der Waals surface area contributed by atoms with Crippen molar-refractivity contribution >= 4 is 5.97 Å². The molecule has 0 saturated heterocycles. The number of aryl methyl sites for hydroxylation is 1. The van der Waals surface area contributed by atoms with Crippen LogP contribution in [-0.2, 0) is 4.74 Å². The van der Waals surface area contributed by atoms with Gasteiger partial charge in [-0.3, -0.25) is 4.98 Å². The van der Waals surface area contributed by atoms with Crippen LogP contribution in [0.5, 0.6) is 11.6 Å². The molecule has 0 spiro atoms. The van der Waals surface area contributed by atoms with E-state index in [0.29, 0.717) is 30.9 Å². The minimum absolute atomic E-state index is 0.257. The van der Waals surface area contributed by atoms with Gasteiger partial charge < -0.3 is 14.2 Å². The number of carbonyl (C=O) groups is 1. The van der Waals surface area contributed by atoms with Gasteiger partial charge in [0.05, 0.1) is 26.5 Å². The van der Waals surface area contributed by atoms with E-state index in [2.05, 4.69) is 15.0 Å². The van der Waals surface area contributed by atoms with Gasteiger partial charge in [0, 0.05) is 23.7 Å². The molecule has 0 aliphatic heterocycles. The lowest BCUT2D eigenvalue weighted by Crippen LogP contribution is -2.12. The molecule has 0 amide bonds. The number of carbonyl (C=O) groups excluding carboxylic acids is 1. The zero-order valence-electron chi connectivity index (χ0n) is 14.6. The summed E-state index contributed by atoms with van der Waals surface area (Å²) in [7, 11) is 1.62. The van der Waals surface area contributed by atoms with Crippen molar-refractivity contribution in [3.8, 4) is 11.6 Å². The summed E-state index contributed by atoms with van der Waals surface area (Å²) in [6.45, 7) is 4.27. The second kappa shape index (κ2) is 7.46. The molecule has 0 aromatic carbocycles. The second-order valence-electron chi connectivity index (χ2n) is 5.89. The van der Waals surface area contributed by atoms with Crippen molar-refractivity contribution in [2.24, 2.45) is 5.92 Å². The van der Waals surface area contributed by atoms with Crippen molar-refractivity contribution in [1.29, 1.82) is 0 Å². The Kier molecular flexibility index (Phi) is 5.11. The molecule has 25 heavy (non-hydrogen) atoms. The average molecular weight is 343 g/mol. The van der Waals surface area contributed by atoms with E-state index < -0.39 is 5.97 Å². The normalized spacial score (nSPS) is 18.5. The van der Waals surface area contributed by atoms with Gasteiger partial charge in [-0.25, -0.2) is 9.78 Å². The first-order valence-electron chi connectivity index (χ1n) is 8.25. The van der Waals surface area contributed by atoms with E-state index in [1.165, 1.54) is 6.20 Å². The van der Waals surface area contributed by atoms with Crippen LogP contribution in [0.15, 0.2) is 24.5 Å². The fraction of sp³-hybridized carbons (Fsp3) is 0.444. The highest BCUT2D eigenvalue weighted by Gasteiger charge is 2.40. The third-order valence-electron chi connectivity index (χ3n) is 4.10. The van der Waals surface area contributed by atoms with Crippen LogP contribution in [0.25, 0.3) is 0 Å². The molecule has 132 valence electrons. The molecule has 0 bridgehead atoms. The Balaban J connectivity index is 1.62. The first-order valence-corrected chi connectivity index (χ1v) is 8.25. The number of hydrogen-bond acceptors (Lipinski definition) is 7. The summed E-state index contributed by atoms with van der Waals surface area (Å²) in [5.41, 5.74) is 1.28. The molecule has 2 atom stereocenters. The van der Waals surface area contributed by atoms with Crippen molar-refractivity contribution < 1.29 is 19.0 Å². The summed E-state index contributed by atoms with van der Waals surface area (Å²) in [5.74, 6) is 1.81. The van der Waals surface area contributed by atoms with E-state index >= 15 is 0 Å². The molecule has 2 heterocycles. The summed E-state index contributed by atoms with van der Waals surface area (Å²) in [5, 5.41) is 0. The lowest BCUT2D eigenvalue weighted by molar-refractivity contribution is 0.0519. The molecular formula is C18H21N3O4. The molecule has 0 radical (unpaired) electrons. The molecule has 7 nitrogen and oxygen atoms in total. The van der Waals surface area contributed by atoms with E-state index in [-0.39, 0.29) is 11.4 Å². The van der Waals surface area contributed by atoms with Gasteiger partial charge in [-0.1, -0.05) is 0 Å². The van der Waals surface area contributed by atoms with E-state index in [0.717, 1.165) is 17.9 Å². The Morgan fingerprint density at radius 3 is 2.80 bits per heavy atom. The van der Waals surface area contributed by atoms with Crippen molar-refractivity contribution in [1.82, 2.24) is 15.0 Å². The molecule has 1 saturated carbocycles. The number of ether oxygens (including phenoxy) is 3. The largest absolute Gasteiger partial charge is 0.495 e. The Morgan fingerprint density at radius 1 is 1.28 bits per heavy atom. The highest BCUT2D eigenvalue weighted by atomic mass is 16.5. The maximum Gasteiger partial charge on any atom is 0.345 e. The van der Waals surface area contributed by atoms with E-state index in [9.17, 15) is 4.79 Å². The molecule has 3 rings (SSSR count). The van der Waals surface area contributed by atoms with Crippen LogP contribution in [0.1, 0.15) is 41.1 Å². The summed E-state index contributed by atoms with van der Waals surface area (Å²) in [6.07, 6.45) is 4.17. The van der Waals surface area contributed by atoms with E-state index in [4.69, 9.17) is 14.2 Å². The van der Waals surface area contributed by atoms with Crippen LogP contribution in [-0.4, -0.2) is 41.2 Å². The average Bonchev–Trinajstić information content (AvgIpc) is 3.40. The molecule has 1 aliphatic carbocycles. The third-order valence-corrected chi connectivity index (χ3v) is 4.10. The zero-order valence-corrected chi connectivity index (χ0v) is 14.6. The maximum absolute atomic E-state index is 12.0. The first kappa shape index (κ1) is 17.1. The van der Waals surface area contributed by atoms with E-state index in [1.807, 2.05) is 12.1 Å². The predicted molar refractivity (Wildman–Crippen MR) is 89.9 cm³/mol. The van der Waals surface area contributed by atoms with Gasteiger partial charge >= 0.3 is 5.97 Å². The van der Waals surface area contributed by atoms with Gasteiger partial charge in [0.1, 0.15) is 17.1 Å². The minimum Gasteiger partial charge on any atom is -0.495 e. The Hall–Kier alpha value is -2.70. The lowest BCUT2D eigenvalue weighted by Gasteiger charge is -2.10. The summed E-state index contributed by atoms with van der Waals surface area (Å²) in [4.78, 5) is 24.7. The van der Waals surface area contributed by atoms with Crippen molar-refractivity contribution in [3.05, 3.63) is 41.6 Å². The predicted octanol–water partition coefficient (Wildman–Crippen LogP) is 2.55. The number of aromatic nitrogens is 3. The standard InChI is InChI=1S/C18H21N3O4/c1-4-24-18(22)15-9-19-11(2)21-17(15)25-10-12-7-14(12)16-6-5-13(23-3)8-20-16/h5-6,8-9,12,14H,4,7,10H2,1-3H3/t12-,14?/m1/s1. The molecular weight excluding hydrogens is 322 g/mol. The Bertz CT molecular complexity index is 748. The summed E-state index contributed by atoms with van der Waals surface area (Å²) in [6, 6.07) is 3.88. The fourth-order valence-electron chi connectivity index (χ4n) is 2.62. The Labute approximate surface area is 146 Å². The maximum atomic E-state index is 12.0. The van der Waals surface area contributed by atoms with Crippen LogP contribution in [0.3, 0.4) is 0 Å². The summed E-state index contributed by atoms with van der Waals surface area (Å²) >= 11 is 0. The molecule has 7 heteroatoms. The van der Waals surface area contributed by atoms with Crippen molar-refractivity contribution in [2.75, 3.05) is 20.3 Å². The van der Waals surface area contributed by atoms with Crippen LogP contribution in [0.4, 0.5) is 0 Å². The van der Waals surface area contributed by atoms with Crippen LogP contribution < -0.4 is 9.47 Å². The first-order chi connectivity index (χ1) is 12.1. The molecule has 0 N–H and O–H groups in total. The van der Waals surface area contributed by atoms with Gasteiger partial charge in [-0.2, -0.15) is 4.98 Å². The van der Waals surface area contributed by atoms with Crippen molar-refractivity contribution in [2.45, 2.75) is 26.2 Å². The van der Waals surface area contributed by atoms with Crippen molar-refractivity contribution in [3.63, 3.8) is 0 Å². The molecule has 1 fully saturated rings. The molecule has 2 aromatic rings. The van der Waals surface area contributed by atoms with E-state index in [1.54, 1.807) is 27.2 Å². The number of hydrogen-bond donors (Lipinski definition) is 0. The van der Waals surface area contributed by atoms with Gasteiger partial charge in [-0.15, -0.1) is 0 Å². The number of pyridine rings is 1. The monoisotopic (exact) mass is 343 g/mol. The second-order valence-corrected chi connectivity index (χ2v) is 5.89. The third kappa shape index (κ3) is 4.04. The molecule has 1 unspecified atom stereocenters. The SMILES string of the molecule is CCOC(=O)c1cnc(C)nc1OC[C@H]1CC1c1ccc(OC)cn1. The highest BCUT2D eigenvalue weighted by molar-refractivity contribution is 5.91. The van der Waals surface area contributed by atoms with Gasteiger partial charge in [0.25, 0.3) is 0 Å². The molecule has 2 aromatic heterocycles. The quantitative estimate of drug-likeness (QED) is 0.714. The number of nitrogens with zero attached hydrogens (tertiary/aromatic N) is 3. The van der Waals surface area contributed by atoms with Gasteiger partial charge in [-0.05, 0) is 32.4 Å². The van der Waals surface area contributed by atoms with Gasteiger partial charge in [0.2, 0.25) is 5.88 Å². The highest BCUT2D eigenvalue weighted by Crippen LogP contribution is 2.46. The summed E-state index contributed by atoms with van der Waals surface area (Å²) < 4.78 is 15.9. The topological polar surface area (TPSA) is 83.4 Å². The van der Waals surface area contributed by atoms with Gasteiger partial charge in [0.15, 0.2) is 0 Å². The zero-order chi connectivity index (χ0) is 17.8.